The first-order valence-electron chi connectivity index (χ1n) is 6.00. The van der Waals surface area contributed by atoms with Gasteiger partial charge >= 0.3 is 0 Å². The van der Waals surface area contributed by atoms with Gasteiger partial charge in [-0.1, -0.05) is 6.92 Å². The zero-order valence-corrected chi connectivity index (χ0v) is 10.8. The third-order valence-corrected chi connectivity index (χ3v) is 4.25. The number of thiazole rings is 1. The van der Waals surface area contributed by atoms with Crippen molar-refractivity contribution < 1.29 is 5.11 Å². The van der Waals surface area contributed by atoms with Gasteiger partial charge in [-0.15, -0.1) is 11.3 Å². The Labute approximate surface area is 101 Å². The second-order valence-corrected chi connectivity index (χ2v) is 5.92. The molecule has 0 amide bonds. The Balaban J connectivity index is 1.91. The van der Waals surface area contributed by atoms with E-state index in [1.54, 1.807) is 11.3 Å². The molecule has 0 aromatic carbocycles. The van der Waals surface area contributed by atoms with E-state index in [1.165, 1.54) is 4.88 Å². The Bertz CT molecular complexity index is 340. The molecule has 1 saturated heterocycles. The molecule has 2 unspecified atom stereocenters. The number of aryl methyl sites for hydroxylation is 1. The molecular formula is C12H20N2OS. The molecule has 1 aromatic heterocycles. The highest BCUT2D eigenvalue weighted by atomic mass is 32.1. The Morgan fingerprint density at radius 3 is 3.06 bits per heavy atom. The predicted octanol–water partition coefficient (Wildman–Crippen LogP) is 2.04. The van der Waals surface area contributed by atoms with Gasteiger partial charge in [-0.3, -0.25) is 4.90 Å². The maximum atomic E-state index is 9.82. The van der Waals surface area contributed by atoms with E-state index < -0.39 is 0 Å². The summed E-state index contributed by atoms with van der Waals surface area (Å²) in [5.74, 6) is 0.447. The second-order valence-electron chi connectivity index (χ2n) is 4.61. The zero-order chi connectivity index (χ0) is 11.5. The molecule has 1 aliphatic heterocycles. The summed E-state index contributed by atoms with van der Waals surface area (Å²) < 4.78 is 0. The summed E-state index contributed by atoms with van der Waals surface area (Å²) in [6.45, 7) is 7.23. The average molecular weight is 240 g/mol. The molecule has 16 heavy (non-hydrogen) atoms. The highest BCUT2D eigenvalue weighted by Crippen LogP contribution is 2.23. The highest BCUT2D eigenvalue weighted by molar-refractivity contribution is 7.11. The van der Waals surface area contributed by atoms with Crippen LogP contribution in [0.2, 0.25) is 0 Å². The molecule has 4 heteroatoms. The van der Waals surface area contributed by atoms with Gasteiger partial charge in [0.15, 0.2) is 0 Å². The van der Waals surface area contributed by atoms with Gasteiger partial charge in [0, 0.05) is 30.7 Å². The topological polar surface area (TPSA) is 36.4 Å². The predicted molar refractivity (Wildman–Crippen MR) is 66.5 cm³/mol. The van der Waals surface area contributed by atoms with Crippen LogP contribution in [0.4, 0.5) is 0 Å². The SMILES string of the molecule is CCC1CN(Cc2cnc(C)s2)CCC1O. The van der Waals surface area contributed by atoms with E-state index in [0.29, 0.717) is 5.92 Å². The van der Waals surface area contributed by atoms with E-state index in [2.05, 4.69) is 16.8 Å². The summed E-state index contributed by atoms with van der Waals surface area (Å²) in [7, 11) is 0. The standard InChI is InChI=1S/C12H20N2OS/c1-3-10-7-14(5-4-12(10)15)8-11-6-13-9(2)16-11/h6,10,12,15H,3-5,7-8H2,1-2H3. The lowest BCUT2D eigenvalue weighted by Gasteiger charge is -2.35. The average Bonchev–Trinajstić information content (AvgIpc) is 2.67. The van der Waals surface area contributed by atoms with Crippen LogP contribution in [0, 0.1) is 12.8 Å². The number of aromatic nitrogens is 1. The molecule has 2 rings (SSSR count). The fourth-order valence-corrected chi connectivity index (χ4v) is 3.18. The van der Waals surface area contributed by atoms with Gasteiger partial charge in [0.1, 0.15) is 0 Å². The summed E-state index contributed by atoms with van der Waals surface area (Å²) in [5, 5.41) is 11.0. The summed E-state index contributed by atoms with van der Waals surface area (Å²) in [4.78, 5) is 8.05. The number of piperidine rings is 1. The molecule has 1 fully saturated rings. The Hall–Kier alpha value is -0.450. The smallest absolute Gasteiger partial charge is 0.0897 e. The monoisotopic (exact) mass is 240 g/mol. The van der Waals surface area contributed by atoms with Gasteiger partial charge in [-0.25, -0.2) is 4.98 Å². The fraction of sp³-hybridized carbons (Fsp3) is 0.750. The Kier molecular flexibility index (Phi) is 3.95. The zero-order valence-electron chi connectivity index (χ0n) is 10.0. The first-order valence-corrected chi connectivity index (χ1v) is 6.82. The molecule has 2 atom stereocenters. The maximum Gasteiger partial charge on any atom is 0.0897 e. The van der Waals surface area contributed by atoms with E-state index in [1.807, 2.05) is 13.1 Å². The molecule has 0 aliphatic carbocycles. The first kappa shape index (κ1) is 12.0. The van der Waals surface area contributed by atoms with Gasteiger partial charge < -0.3 is 5.11 Å². The van der Waals surface area contributed by atoms with Crippen molar-refractivity contribution in [2.75, 3.05) is 13.1 Å². The van der Waals surface area contributed by atoms with E-state index in [4.69, 9.17) is 0 Å². The van der Waals surface area contributed by atoms with Crippen LogP contribution in [-0.4, -0.2) is 34.2 Å². The summed E-state index contributed by atoms with van der Waals surface area (Å²) in [6.07, 6.45) is 3.87. The number of hydrogen-bond acceptors (Lipinski definition) is 4. The molecule has 2 heterocycles. The summed E-state index contributed by atoms with van der Waals surface area (Å²) >= 11 is 1.78. The number of aliphatic hydroxyl groups is 1. The van der Waals surface area contributed by atoms with Gasteiger partial charge in [0.2, 0.25) is 0 Å². The van der Waals surface area contributed by atoms with Crippen LogP contribution in [0.15, 0.2) is 6.20 Å². The van der Waals surface area contributed by atoms with E-state index in [0.717, 1.165) is 37.5 Å². The minimum absolute atomic E-state index is 0.0931. The number of likely N-dealkylation sites (tertiary alicyclic amines) is 1. The highest BCUT2D eigenvalue weighted by Gasteiger charge is 2.26. The molecular weight excluding hydrogens is 220 g/mol. The van der Waals surface area contributed by atoms with E-state index in [-0.39, 0.29) is 6.10 Å². The van der Waals surface area contributed by atoms with Crippen molar-refractivity contribution in [1.82, 2.24) is 9.88 Å². The molecule has 0 saturated carbocycles. The normalized spacial score (nSPS) is 27.2. The van der Waals surface area contributed by atoms with Gasteiger partial charge in [-0.05, 0) is 25.7 Å². The Morgan fingerprint density at radius 1 is 1.62 bits per heavy atom. The molecule has 1 aliphatic rings. The van der Waals surface area contributed by atoms with Gasteiger partial charge in [-0.2, -0.15) is 0 Å². The van der Waals surface area contributed by atoms with Crippen LogP contribution in [0.3, 0.4) is 0 Å². The van der Waals surface area contributed by atoms with Crippen molar-refractivity contribution in [1.29, 1.82) is 0 Å². The number of nitrogens with zero attached hydrogens (tertiary/aromatic N) is 2. The van der Waals surface area contributed by atoms with E-state index in [9.17, 15) is 5.11 Å². The van der Waals surface area contributed by atoms with Crippen LogP contribution >= 0.6 is 11.3 Å². The summed E-state index contributed by atoms with van der Waals surface area (Å²) in [6, 6.07) is 0. The molecule has 0 spiro atoms. The number of aliphatic hydroxyl groups excluding tert-OH is 1. The molecule has 1 aromatic rings. The lowest BCUT2D eigenvalue weighted by atomic mass is 9.92. The molecule has 0 radical (unpaired) electrons. The lowest BCUT2D eigenvalue weighted by molar-refractivity contribution is 0.0225. The van der Waals surface area contributed by atoms with Crippen molar-refractivity contribution in [2.45, 2.75) is 39.3 Å². The largest absolute Gasteiger partial charge is 0.393 e. The van der Waals surface area contributed by atoms with Crippen molar-refractivity contribution in [3.63, 3.8) is 0 Å². The lowest BCUT2D eigenvalue weighted by Crippen LogP contribution is -2.42. The quantitative estimate of drug-likeness (QED) is 0.878. The fourth-order valence-electron chi connectivity index (χ4n) is 2.34. The van der Waals surface area contributed by atoms with Crippen molar-refractivity contribution in [2.24, 2.45) is 5.92 Å². The first-order chi connectivity index (χ1) is 7.69. The minimum Gasteiger partial charge on any atom is -0.393 e. The van der Waals surface area contributed by atoms with Crippen molar-refractivity contribution in [3.05, 3.63) is 16.1 Å². The number of rotatable bonds is 3. The molecule has 0 bridgehead atoms. The number of hydrogen-bond donors (Lipinski definition) is 1. The molecule has 1 N–H and O–H groups in total. The minimum atomic E-state index is -0.0931. The van der Waals surface area contributed by atoms with Crippen LogP contribution < -0.4 is 0 Å². The van der Waals surface area contributed by atoms with Crippen molar-refractivity contribution in [3.8, 4) is 0 Å². The van der Waals surface area contributed by atoms with Crippen molar-refractivity contribution >= 4 is 11.3 Å². The second kappa shape index (κ2) is 5.25. The molecule has 3 nitrogen and oxygen atoms in total. The van der Waals surface area contributed by atoms with Crippen LogP contribution in [0.1, 0.15) is 29.7 Å². The maximum absolute atomic E-state index is 9.82. The van der Waals surface area contributed by atoms with Gasteiger partial charge in [0.25, 0.3) is 0 Å². The van der Waals surface area contributed by atoms with Crippen LogP contribution in [0.5, 0.6) is 0 Å². The van der Waals surface area contributed by atoms with E-state index >= 15 is 0 Å². The summed E-state index contributed by atoms with van der Waals surface area (Å²) in [5.41, 5.74) is 0. The third-order valence-electron chi connectivity index (χ3n) is 3.35. The van der Waals surface area contributed by atoms with Crippen LogP contribution in [-0.2, 0) is 6.54 Å². The van der Waals surface area contributed by atoms with Gasteiger partial charge in [0.05, 0.1) is 11.1 Å². The molecule has 90 valence electrons. The Morgan fingerprint density at radius 2 is 2.44 bits per heavy atom. The van der Waals surface area contributed by atoms with Crippen LogP contribution in [0.25, 0.3) is 0 Å². The third kappa shape index (κ3) is 2.81.